The van der Waals surface area contributed by atoms with Crippen molar-refractivity contribution >= 4 is 23.0 Å². The Hall–Kier alpha value is -2.71. The molecule has 0 aliphatic heterocycles. The van der Waals surface area contributed by atoms with Gasteiger partial charge in [0.1, 0.15) is 5.69 Å². The number of nitro benzene ring substituents is 2. The van der Waals surface area contributed by atoms with Gasteiger partial charge in [-0.3, -0.25) is 25.0 Å². The highest BCUT2D eigenvalue weighted by Crippen LogP contribution is 2.31. The van der Waals surface area contributed by atoms with Crippen LogP contribution < -0.4 is 11.1 Å². The summed E-state index contributed by atoms with van der Waals surface area (Å²) in [6, 6.07) is 1.65. The van der Waals surface area contributed by atoms with Crippen LogP contribution in [0.25, 0.3) is 0 Å². The predicted molar refractivity (Wildman–Crippen MR) is 71.4 cm³/mol. The molecule has 0 saturated heterocycles. The highest BCUT2D eigenvalue weighted by molar-refractivity contribution is 6.02. The molecule has 0 atom stereocenters. The number of carbonyl (C=O) groups excluding carboxylic acids is 1. The number of benzene rings is 1. The summed E-state index contributed by atoms with van der Waals surface area (Å²) < 4.78 is 0. The molecular weight excluding hydrogens is 268 g/mol. The van der Waals surface area contributed by atoms with Gasteiger partial charge in [-0.15, -0.1) is 0 Å². The van der Waals surface area contributed by atoms with Crippen molar-refractivity contribution in [1.29, 1.82) is 0 Å². The molecule has 3 N–H and O–H groups in total. The van der Waals surface area contributed by atoms with E-state index < -0.39 is 38.4 Å². The van der Waals surface area contributed by atoms with E-state index in [1.807, 2.05) is 0 Å². The SMILES string of the molecule is CC(C)(C)NC(=O)c1cc([N+](=O)[O-])cc([N+](=O)[O-])c1N. The standard InChI is InChI=1S/C11H14N4O5/c1-11(2,3)13-10(16)7-4-6(14(17)18)5-8(9(7)12)15(19)20/h4-5H,12H2,1-3H3,(H,13,16). The van der Waals surface area contributed by atoms with Gasteiger partial charge >= 0.3 is 0 Å². The van der Waals surface area contributed by atoms with E-state index in [0.29, 0.717) is 0 Å². The second-order valence-corrected chi connectivity index (χ2v) is 5.14. The van der Waals surface area contributed by atoms with Gasteiger partial charge in [0, 0.05) is 11.6 Å². The van der Waals surface area contributed by atoms with Crippen molar-refractivity contribution in [3.8, 4) is 0 Å². The van der Waals surface area contributed by atoms with Crippen LogP contribution in [0.3, 0.4) is 0 Å². The number of amides is 1. The van der Waals surface area contributed by atoms with Gasteiger partial charge in [-0.05, 0) is 20.8 Å². The molecular formula is C11H14N4O5. The van der Waals surface area contributed by atoms with E-state index in [4.69, 9.17) is 5.73 Å². The molecule has 0 saturated carbocycles. The van der Waals surface area contributed by atoms with E-state index in [9.17, 15) is 25.0 Å². The number of nitrogen functional groups attached to an aromatic ring is 1. The second-order valence-electron chi connectivity index (χ2n) is 5.14. The molecule has 9 nitrogen and oxygen atoms in total. The Morgan fingerprint density at radius 3 is 2.15 bits per heavy atom. The molecule has 0 radical (unpaired) electrons. The van der Waals surface area contributed by atoms with Crippen LogP contribution in [0.2, 0.25) is 0 Å². The van der Waals surface area contributed by atoms with E-state index in [0.717, 1.165) is 12.1 Å². The molecule has 0 aromatic heterocycles. The van der Waals surface area contributed by atoms with E-state index in [1.165, 1.54) is 0 Å². The second kappa shape index (κ2) is 5.11. The summed E-state index contributed by atoms with van der Waals surface area (Å²) in [5.41, 5.74) is 3.02. The van der Waals surface area contributed by atoms with Gasteiger partial charge in [0.05, 0.1) is 21.5 Å². The summed E-state index contributed by atoms with van der Waals surface area (Å²) in [6.45, 7) is 5.10. The van der Waals surface area contributed by atoms with Crippen LogP contribution in [0.4, 0.5) is 17.1 Å². The third kappa shape index (κ3) is 3.40. The summed E-state index contributed by atoms with van der Waals surface area (Å²) in [7, 11) is 0. The first-order chi connectivity index (χ1) is 9.03. The van der Waals surface area contributed by atoms with Crippen LogP contribution in [0, 0.1) is 20.2 Å². The summed E-state index contributed by atoms with van der Waals surface area (Å²) >= 11 is 0. The fourth-order valence-electron chi connectivity index (χ4n) is 1.48. The van der Waals surface area contributed by atoms with Crippen molar-refractivity contribution in [3.05, 3.63) is 37.9 Å². The zero-order valence-electron chi connectivity index (χ0n) is 11.2. The monoisotopic (exact) mass is 282 g/mol. The molecule has 9 heteroatoms. The molecule has 1 aromatic rings. The normalized spacial score (nSPS) is 10.9. The van der Waals surface area contributed by atoms with Crippen LogP contribution in [0.15, 0.2) is 12.1 Å². The Morgan fingerprint density at radius 1 is 1.20 bits per heavy atom. The zero-order valence-corrected chi connectivity index (χ0v) is 11.2. The minimum Gasteiger partial charge on any atom is -0.392 e. The smallest absolute Gasteiger partial charge is 0.299 e. The highest BCUT2D eigenvalue weighted by atomic mass is 16.6. The van der Waals surface area contributed by atoms with Crippen molar-refractivity contribution in [2.45, 2.75) is 26.3 Å². The average molecular weight is 282 g/mol. The average Bonchev–Trinajstić information content (AvgIpc) is 2.25. The molecule has 0 fully saturated rings. The maximum atomic E-state index is 12.0. The lowest BCUT2D eigenvalue weighted by Gasteiger charge is -2.20. The minimum absolute atomic E-state index is 0.291. The van der Waals surface area contributed by atoms with Crippen LogP contribution in [0.5, 0.6) is 0 Å². The Kier molecular flexibility index (Phi) is 3.92. The Balaban J connectivity index is 3.41. The molecule has 20 heavy (non-hydrogen) atoms. The molecule has 0 unspecified atom stereocenters. The van der Waals surface area contributed by atoms with Crippen molar-refractivity contribution in [1.82, 2.24) is 5.32 Å². The van der Waals surface area contributed by atoms with E-state index in [2.05, 4.69) is 5.32 Å². The first-order valence-electron chi connectivity index (χ1n) is 5.58. The van der Waals surface area contributed by atoms with E-state index in [-0.39, 0.29) is 5.56 Å². The van der Waals surface area contributed by atoms with Gasteiger partial charge in [-0.2, -0.15) is 0 Å². The largest absolute Gasteiger partial charge is 0.392 e. The zero-order chi connectivity index (χ0) is 15.7. The molecule has 0 spiro atoms. The van der Waals surface area contributed by atoms with Gasteiger partial charge in [0.2, 0.25) is 0 Å². The van der Waals surface area contributed by atoms with Crippen LogP contribution >= 0.6 is 0 Å². The van der Waals surface area contributed by atoms with E-state index in [1.54, 1.807) is 20.8 Å². The van der Waals surface area contributed by atoms with Crippen molar-refractivity contribution in [2.75, 3.05) is 5.73 Å². The summed E-state index contributed by atoms with van der Waals surface area (Å²) in [5.74, 6) is -0.707. The number of hydrogen-bond acceptors (Lipinski definition) is 6. The number of nitrogens with one attached hydrogen (secondary N) is 1. The molecule has 1 aromatic carbocycles. The number of anilines is 1. The summed E-state index contributed by atoms with van der Waals surface area (Å²) in [4.78, 5) is 31.9. The molecule has 0 aliphatic carbocycles. The van der Waals surface area contributed by atoms with Gasteiger partial charge in [-0.1, -0.05) is 0 Å². The molecule has 1 amide bonds. The van der Waals surface area contributed by atoms with Crippen LogP contribution in [-0.4, -0.2) is 21.3 Å². The Bertz CT molecular complexity index is 591. The number of nitrogens with two attached hydrogens (primary N) is 1. The lowest BCUT2D eigenvalue weighted by Crippen LogP contribution is -2.40. The fourth-order valence-corrected chi connectivity index (χ4v) is 1.48. The maximum Gasteiger partial charge on any atom is 0.299 e. The van der Waals surface area contributed by atoms with Crippen molar-refractivity contribution in [2.24, 2.45) is 0 Å². The fraction of sp³-hybridized carbons (Fsp3) is 0.364. The van der Waals surface area contributed by atoms with Crippen LogP contribution in [-0.2, 0) is 0 Å². The summed E-state index contributed by atoms with van der Waals surface area (Å²) in [6.07, 6.45) is 0. The molecule has 108 valence electrons. The minimum atomic E-state index is -0.865. The third-order valence-electron chi connectivity index (χ3n) is 2.28. The highest BCUT2D eigenvalue weighted by Gasteiger charge is 2.27. The quantitative estimate of drug-likeness (QED) is 0.490. The number of nitro groups is 2. The molecule has 0 heterocycles. The maximum absolute atomic E-state index is 12.0. The van der Waals surface area contributed by atoms with Crippen molar-refractivity contribution < 1.29 is 14.6 Å². The number of hydrogen-bond donors (Lipinski definition) is 2. The van der Waals surface area contributed by atoms with Gasteiger partial charge in [0.15, 0.2) is 0 Å². The summed E-state index contributed by atoms with van der Waals surface area (Å²) in [5, 5.41) is 24.1. The third-order valence-corrected chi connectivity index (χ3v) is 2.28. The van der Waals surface area contributed by atoms with Crippen molar-refractivity contribution in [3.63, 3.8) is 0 Å². The molecule has 0 bridgehead atoms. The number of non-ortho nitro benzene ring substituents is 1. The van der Waals surface area contributed by atoms with Crippen LogP contribution in [0.1, 0.15) is 31.1 Å². The first-order valence-corrected chi connectivity index (χ1v) is 5.58. The Labute approximate surface area is 114 Å². The predicted octanol–water partition coefficient (Wildman–Crippen LogP) is 1.61. The van der Waals surface area contributed by atoms with E-state index >= 15 is 0 Å². The van der Waals surface area contributed by atoms with Gasteiger partial charge < -0.3 is 11.1 Å². The first kappa shape index (κ1) is 15.3. The lowest BCUT2D eigenvalue weighted by molar-refractivity contribution is -0.393. The topological polar surface area (TPSA) is 141 Å². The number of carbonyl (C=O) groups is 1. The number of rotatable bonds is 3. The van der Waals surface area contributed by atoms with Gasteiger partial charge in [-0.25, -0.2) is 0 Å². The molecule has 0 aliphatic rings. The van der Waals surface area contributed by atoms with Gasteiger partial charge in [0.25, 0.3) is 17.3 Å². The Morgan fingerprint density at radius 2 is 1.75 bits per heavy atom. The molecule has 1 rings (SSSR count). The number of nitrogens with zero attached hydrogens (tertiary/aromatic N) is 2. The lowest BCUT2D eigenvalue weighted by atomic mass is 10.1.